The second-order valence-electron chi connectivity index (χ2n) is 5.40. The number of carbonyl (C=O) groups is 1. The summed E-state index contributed by atoms with van der Waals surface area (Å²) in [6.45, 7) is 3.53. The molecular weight excluding hydrogens is 354 g/mol. The van der Waals surface area contributed by atoms with Crippen molar-refractivity contribution in [3.63, 3.8) is 0 Å². The van der Waals surface area contributed by atoms with Crippen molar-refractivity contribution < 1.29 is 14.3 Å². The highest BCUT2D eigenvalue weighted by Gasteiger charge is 2.11. The normalized spacial score (nSPS) is 11.2. The lowest BCUT2D eigenvalue weighted by atomic mass is 10.1. The third kappa shape index (κ3) is 5.19. The molecule has 26 heavy (non-hydrogen) atoms. The Labute approximate surface area is 157 Å². The summed E-state index contributed by atoms with van der Waals surface area (Å²) in [6, 6.07) is 9.08. The molecule has 0 unspecified atom stereocenters. The summed E-state index contributed by atoms with van der Waals surface area (Å²) in [6.07, 6.45) is 2.11. The Morgan fingerprint density at radius 1 is 1.42 bits per heavy atom. The number of carbonyl (C=O) groups excluding carboxylic acids is 1. The Morgan fingerprint density at radius 3 is 2.92 bits per heavy atom. The smallest absolute Gasteiger partial charge is 0.261 e. The van der Waals surface area contributed by atoms with Crippen molar-refractivity contribution in [1.82, 2.24) is 10.3 Å². The number of nitriles is 1. The molecule has 0 aliphatic rings. The molecule has 0 fully saturated rings. The molecule has 2 rings (SSSR count). The number of benzene rings is 1. The Hall–Kier alpha value is -2.62. The van der Waals surface area contributed by atoms with E-state index in [4.69, 9.17) is 21.1 Å². The van der Waals surface area contributed by atoms with Gasteiger partial charge in [0.1, 0.15) is 22.5 Å². The summed E-state index contributed by atoms with van der Waals surface area (Å²) in [5.41, 5.74) is 1.16. The lowest BCUT2D eigenvalue weighted by Gasteiger charge is -2.07. The summed E-state index contributed by atoms with van der Waals surface area (Å²) < 4.78 is 10.4. The fourth-order valence-electron chi connectivity index (χ4n) is 2.30. The molecule has 0 spiro atoms. The zero-order valence-electron chi connectivity index (χ0n) is 14.7. The standard InChI is InChI=1S/C19H20ClN3O3/c1-3-26-8-4-7-22-19(24)15(12-21)10-14-9-13-11-16(25-2)5-6-17(13)23-18(14)20/h5-6,9-11H,3-4,7-8H2,1-2H3,(H,22,24)/b15-10+. The Bertz CT molecular complexity index is 859. The number of hydrogen-bond donors (Lipinski definition) is 1. The first-order valence-corrected chi connectivity index (χ1v) is 8.59. The fourth-order valence-corrected chi connectivity index (χ4v) is 2.50. The molecule has 0 saturated carbocycles. The number of amides is 1. The van der Waals surface area contributed by atoms with Crippen LogP contribution in [0.15, 0.2) is 29.8 Å². The molecular formula is C19H20ClN3O3. The van der Waals surface area contributed by atoms with Gasteiger partial charge in [0.25, 0.3) is 5.91 Å². The summed E-state index contributed by atoms with van der Waals surface area (Å²) >= 11 is 6.20. The highest BCUT2D eigenvalue weighted by Crippen LogP contribution is 2.25. The van der Waals surface area contributed by atoms with Crippen molar-refractivity contribution in [2.24, 2.45) is 0 Å². The van der Waals surface area contributed by atoms with Crippen LogP contribution < -0.4 is 10.1 Å². The first kappa shape index (κ1) is 19.7. The SMILES string of the molecule is CCOCCCNC(=O)/C(C#N)=C/c1cc2cc(OC)ccc2nc1Cl. The third-order valence-electron chi connectivity index (χ3n) is 3.62. The number of halogens is 1. The summed E-state index contributed by atoms with van der Waals surface area (Å²) in [4.78, 5) is 16.5. The van der Waals surface area contributed by atoms with E-state index in [0.717, 1.165) is 5.39 Å². The predicted molar refractivity (Wildman–Crippen MR) is 101 cm³/mol. The molecule has 0 saturated heterocycles. The van der Waals surface area contributed by atoms with Gasteiger partial charge >= 0.3 is 0 Å². The number of ether oxygens (including phenoxy) is 2. The monoisotopic (exact) mass is 373 g/mol. The minimum atomic E-state index is -0.453. The van der Waals surface area contributed by atoms with Crippen LogP contribution in [-0.4, -0.2) is 37.8 Å². The number of rotatable bonds is 8. The zero-order chi connectivity index (χ0) is 18.9. The first-order chi connectivity index (χ1) is 12.6. The Balaban J connectivity index is 2.20. The molecule has 7 heteroatoms. The second-order valence-corrected chi connectivity index (χ2v) is 5.76. The number of methoxy groups -OCH3 is 1. The van der Waals surface area contributed by atoms with E-state index >= 15 is 0 Å². The molecule has 2 aromatic rings. The molecule has 1 aromatic heterocycles. The first-order valence-electron chi connectivity index (χ1n) is 8.21. The van der Waals surface area contributed by atoms with Gasteiger partial charge in [-0.25, -0.2) is 4.98 Å². The third-order valence-corrected chi connectivity index (χ3v) is 3.93. The largest absolute Gasteiger partial charge is 0.497 e. The van der Waals surface area contributed by atoms with Crippen LogP contribution in [0.25, 0.3) is 17.0 Å². The van der Waals surface area contributed by atoms with E-state index in [1.165, 1.54) is 6.08 Å². The number of aromatic nitrogens is 1. The van der Waals surface area contributed by atoms with Gasteiger partial charge in [0.2, 0.25) is 0 Å². The van der Waals surface area contributed by atoms with Gasteiger partial charge in [-0.1, -0.05) is 11.6 Å². The highest BCUT2D eigenvalue weighted by atomic mass is 35.5. The van der Waals surface area contributed by atoms with E-state index in [1.54, 1.807) is 25.3 Å². The van der Waals surface area contributed by atoms with Crippen molar-refractivity contribution in [1.29, 1.82) is 5.26 Å². The minimum Gasteiger partial charge on any atom is -0.497 e. The molecule has 1 amide bonds. The van der Waals surface area contributed by atoms with Crippen LogP contribution in [0.4, 0.5) is 0 Å². The molecule has 136 valence electrons. The molecule has 0 aliphatic carbocycles. The van der Waals surface area contributed by atoms with E-state index in [-0.39, 0.29) is 10.7 Å². The summed E-state index contributed by atoms with van der Waals surface area (Å²) in [7, 11) is 1.58. The van der Waals surface area contributed by atoms with Gasteiger partial charge in [-0.05, 0) is 43.7 Å². The van der Waals surface area contributed by atoms with Crippen molar-refractivity contribution in [3.8, 4) is 11.8 Å². The Kier molecular flexibility index (Phi) is 7.39. The van der Waals surface area contributed by atoms with Gasteiger partial charge in [0, 0.05) is 30.7 Å². The van der Waals surface area contributed by atoms with E-state index in [2.05, 4.69) is 10.3 Å². The maximum Gasteiger partial charge on any atom is 0.261 e. The predicted octanol–water partition coefficient (Wildman–Crippen LogP) is 3.35. The van der Waals surface area contributed by atoms with Crippen LogP contribution in [0.2, 0.25) is 5.15 Å². The van der Waals surface area contributed by atoms with Gasteiger partial charge in [-0.2, -0.15) is 5.26 Å². The van der Waals surface area contributed by atoms with Crippen molar-refractivity contribution in [3.05, 3.63) is 40.6 Å². The lowest BCUT2D eigenvalue weighted by molar-refractivity contribution is -0.117. The maximum absolute atomic E-state index is 12.2. The van der Waals surface area contributed by atoms with Crippen LogP contribution in [0.5, 0.6) is 5.75 Å². The van der Waals surface area contributed by atoms with Crippen molar-refractivity contribution >= 4 is 34.5 Å². The van der Waals surface area contributed by atoms with E-state index in [0.29, 0.717) is 43.0 Å². The Morgan fingerprint density at radius 2 is 2.23 bits per heavy atom. The number of nitrogens with zero attached hydrogens (tertiary/aromatic N) is 2. The fraction of sp³-hybridized carbons (Fsp3) is 0.316. The maximum atomic E-state index is 12.2. The van der Waals surface area contributed by atoms with Gasteiger partial charge in [0.05, 0.1) is 12.6 Å². The van der Waals surface area contributed by atoms with Crippen molar-refractivity contribution in [2.45, 2.75) is 13.3 Å². The van der Waals surface area contributed by atoms with Gasteiger partial charge in [-0.15, -0.1) is 0 Å². The highest BCUT2D eigenvalue weighted by molar-refractivity contribution is 6.31. The van der Waals surface area contributed by atoms with Crippen LogP contribution in [0, 0.1) is 11.3 Å². The average molecular weight is 374 g/mol. The number of pyridine rings is 1. The lowest BCUT2D eigenvalue weighted by Crippen LogP contribution is -2.26. The molecule has 1 aromatic carbocycles. The molecule has 6 nitrogen and oxygen atoms in total. The second kappa shape index (κ2) is 9.76. The molecule has 0 bridgehead atoms. The van der Waals surface area contributed by atoms with Gasteiger partial charge < -0.3 is 14.8 Å². The summed E-state index contributed by atoms with van der Waals surface area (Å²) in [5.74, 6) is 0.231. The topological polar surface area (TPSA) is 84.2 Å². The van der Waals surface area contributed by atoms with Crippen LogP contribution in [0.1, 0.15) is 18.9 Å². The van der Waals surface area contributed by atoms with Crippen molar-refractivity contribution in [2.75, 3.05) is 26.9 Å². The van der Waals surface area contributed by atoms with E-state index in [9.17, 15) is 10.1 Å². The van der Waals surface area contributed by atoms with Gasteiger partial charge in [-0.3, -0.25) is 4.79 Å². The molecule has 0 radical (unpaired) electrons. The van der Waals surface area contributed by atoms with Crippen LogP contribution in [-0.2, 0) is 9.53 Å². The number of fused-ring (bicyclic) bond motifs is 1. The van der Waals surface area contributed by atoms with E-state index in [1.807, 2.05) is 19.1 Å². The molecule has 0 atom stereocenters. The number of hydrogen-bond acceptors (Lipinski definition) is 5. The molecule has 1 heterocycles. The molecule has 1 N–H and O–H groups in total. The van der Waals surface area contributed by atoms with Crippen LogP contribution in [0.3, 0.4) is 0 Å². The average Bonchev–Trinajstić information content (AvgIpc) is 2.65. The number of nitrogens with one attached hydrogen (secondary N) is 1. The summed E-state index contributed by atoms with van der Waals surface area (Å²) in [5, 5.41) is 13.0. The quantitative estimate of drug-likeness (QED) is 0.332. The van der Waals surface area contributed by atoms with E-state index < -0.39 is 5.91 Å². The molecule has 0 aliphatic heterocycles. The minimum absolute atomic E-state index is 0.0349. The zero-order valence-corrected chi connectivity index (χ0v) is 15.5. The van der Waals surface area contributed by atoms with Crippen LogP contribution >= 0.6 is 11.6 Å². The van der Waals surface area contributed by atoms with Gasteiger partial charge in [0.15, 0.2) is 0 Å².